The molecule has 6 heteroatoms. The zero-order valence-corrected chi connectivity index (χ0v) is 12.2. The Morgan fingerprint density at radius 1 is 1.29 bits per heavy atom. The number of nitro benzene ring substituents is 1. The lowest BCUT2D eigenvalue weighted by atomic mass is 10.0. The molecule has 1 N–H and O–H groups in total. The highest BCUT2D eigenvalue weighted by atomic mass is 16.6. The van der Waals surface area contributed by atoms with Crippen LogP contribution in [0, 0.1) is 17.0 Å². The first-order valence-corrected chi connectivity index (χ1v) is 6.56. The lowest BCUT2D eigenvalue weighted by Crippen LogP contribution is -2.16. The average molecular weight is 287 g/mol. The largest absolute Gasteiger partial charge is 0.377 e. The number of aromatic nitrogens is 1. The number of hydrogen-bond acceptors (Lipinski definition) is 4. The fourth-order valence-electron chi connectivity index (χ4n) is 2.11. The van der Waals surface area contributed by atoms with E-state index in [9.17, 15) is 14.9 Å². The minimum Gasteiger partial charge on any atom is -0.377 e. The number of hydrogen-bond donors (Lipinski definition) is 1. The van der Waals surface area contributed by atoms with Crippen molar-refractivity contribution in [1.29, 1.82) is 0 Å². The Balaban J connectivity index is 2.25. The van der Waals surface area contributed by atoms with Crippen LogP contribution < -0.4 is 10.9 Å². The Morgan fingerprint density at radius 3 is 2.62 bits per heavy atom. The first kappa shape index (κ1) is 14.8. The Hall–Kier alpha value is -2.63. The lowest BCUT2D eigenvalue weighted by molar-refractivity contribution is -0.385. The van der Waals surface area contributed by atoms with Crippen molar-refractivity contribution in [2.45, 2.75) is 19.9 Å². The van der Waals surface area contributed by atoms with Crippen molar-refractivity contribution in [1.82, 2.24) is 4.57 Å². The number of pyridine rings is 1. The van der Waals surface area contributed by atoms with Crippen LogP contribution in [0.4, 0.5) is 11.4 Å². The van der Waals surface area contributed by atoms with Crippen molar-refractivity contribution in [3.63, 3.8) is 0 Å². The summed E-state index contributed by atoms with van der Waals surface area (Å²) in [5.41, 5.74) is 2.27. The molecule has 0 aliphatic carbocycles. The molecule has 2 rings (SSSR count). The maximum absolute atomic E-state index is 11.3. The summed E-state index contributed by atoms with van der Waals surface area (Å²) in [6.07, 6.45) is 1.70. The van der Waals surface area contributed by atoms with E-state index in [1.807, 2.05) is 13.0 Å². The lowest BCUT2D eigenvalue weighted by Gasteiger charge is -2.16. The molecule has 0 bridgehead atoms. The summed E-state index contributed by atoms with van der Waals surface area (Å²) >= 11 is 0. The molecule has 6 nitrogen and oxygen atoms in total. The van der Waals surface area contributed by atoms with Crippen molar-refractivity contribution in [3.05, 3.63) is 68.1 Å². The molecule has 0 amide bonds. The fourth-order valence-corrected chi connectivity index (χ4v) is 2.11. The van der Waals surface area contributed by atoms with Crippen LogP contribution >= 0.6 is 0 Å². The van der Waals surface area contributed by atoms with Gasteiger partial charge in [0.25, 0.3) is 5.69 Å². The van der Waals surface area contributed by atoms with E-state index in [1.54, 1.807) is 38.4 Å². The van der Waals surface area contributed by atoms with Crippen LogP contribution in [0.2, 0.25) is 0 Å². The van der Waals surface area contributed by atoms with E-state index >= 15 is 0 Å². The van der Waals surface area contributed by atoms with Gasteiger partial charge in [0, 0.05) is 37.0 Å². The fraction of sp³-hybridized carbons (Fsp3) is 0.267. The molecule has 0 aliphatic rings. The average Bonchev–Trinajstić information content (AvgIpc) is 2.43. The Morgan fingerprint density at radius 2 is 2.00 bits per heavy atom. The molecule has 1 heterocycles. The zero-order chi connectivity index (χ0) is 15.6. The third-order valence-electron chi connectivity index (χ3n) is 3.40. The van der Waals surface area contributed by atoms with Gasteiger partial charge in [-0.1, -0.05) is 12.1 Å². The number of nitro groups is 1. The van der Waals surface area contributed by atoms with Gasteiger partial charge in [-0.25, -0.2) is 0 Å². The van der Waals surface area contributed by atoms with Gasteiger partial charge in [-0.2, -0.15) is 0 Å². The first-order valence-electron chi connectivity index (χ1n) is 6.56. The molecule has 1 unspecified atom stereocenters. The predicted molar refractivity (Wildman–Crippen MR) is 81.6 cm³/mol. The molecule has 1 aromatic heterocycles. The zero-order valence-electron chi connectivity index (χ0n) is 12.2. The molecule has 0 saturated heterocycles. The van der Waals surface area contributed by atoms with Gasteiger partial charge in [0.1, 0.15) is 0 Å². The van der Waals surface area contributed by atoms with Gasteiger partial charge in [0.05, 0.1) is 10.6 Å². The van der Waals surface area contributed by atoms with E-state index in [4.69, 9.17) is 0 Å². The van der Waals surface area contributed by atoms with Crippen LogP contribution in [-0.4, -0.2) is 9.49 Å². The molecule has 110 valence electrons. The number of aryl methyl sites for hydroxylation is 2. The second-order valence-corrected chi connectivity index (χ2v) is 5.04. The van der Waals surface area contributed by atoms with Crippen LogP contribution in [0.3, 0.4) is 0 Å². The molecule has 21 heavy (non-hydrogen) atoms. The quantitative estimate of drug-likeness (QED) is 0.693. The number of benzene rings is 1. The maximum Gasteiger partial charge on any atom is 0.272 e. The first-order chi connectivity index (χ1) is 9.88. The van der Waals surface area contributed by atoms with Crippen LogP contribution in [0.15, 0.2) is 41.3 Å². The summed E-state index contributed by atoms with van der Waals surface area (Å²) in [5.74, 6) is 0. The number of rotatable bonds is 4. The normalized spacial score (nSPS) is 12.0. The topological polar surface area (TPSA) is 77.2 Å². The van der Waals surface area contributed by atoms with E-state index < -0.39 is 0 Å². The minimum atomic E-state index is -0.377. The smallest absolute Gasteiger partial charge is 0.272 e. The molecule has 1 atom stereocenters. The molecule has 0 aliphatic heterocycles. The highest BCUT2D eigenvalue weighted by Gasteiger charge is 2.14. The second kappa shape index (κ2) is 5.78. The number of anilines is 1. The standard InChI is InChI=1S/C15H17N3O3/c1-10-4-5-12(8-14(10)18(20)21)11(2)16-13-6-7-15(19)17(3)9-13/h4-9,11,16H,1-3H3. The van der Waals surface area contributed by atoms with E-state index in [-0.39, 0.29) is 22.2 Å². The molecule has 0 saturated carbocycles. The van der Waals surface area contributed by atoms with E-state index in [2.05, 4.69) is 5.32 Å². The van der Waals surface area contributed by atoms with Crippen molar-refractivity contribution in [2.75, 3.05) is 5.32 Å². The molecule has 0 fully saturated rings. The molecular formula is C15H17N3O3. The van der Waals surface area contributed by atoms with Crippen LogP contribution in [0.1, 0.15) is 24.1 Å². The van der Waals surface area contributed by atoms with Gasteiger partial charge in [0.2, 0.25) is 5.56 Å². The van der Waals surface area contributed by atoms with Crippen LogP contribution in [0.25, 0.3) is 0 Å². The summed E-state index contributed by atoms with van der Waals surface area (Å²) in [6, 6.07) is 8.25. The van der Waals surface area contributed by atoms with Crippen molar-refractivity contribution in [3.8, 4) is 0 Å². The van der Waals surface area contributed by atoms with Crippen molar-refractivity contribution in [2.24, 2.45) is 7.05 Å². The summed E-state index contributed by atoms with van der Waals surface area (Å²) in [6.45, 7) is 3.63. The Kier molecular flexibility index (Phi) is 4.07. The number of nitrogens with zero attached hydrogens (tertiary/aromatic N) is 2. The van der Waals surface area contributed by atoms with E-state index in [1.165, 1.54) is 10.6 Å². The minimum absolute atomic E-state index is 0.0841. The van der Waals surface area contributed by atoms with E-state index in [0.717, 1.165) is 11.3 Å². The summed E-state index contributed by atoms with van der Waals surface area (Å²) < 4.78 is 1.48. The van der Waals surface area contributed by atoms with Crippen LogP contribution in [-0.2, 0) is 7.05 Å². The highest BCUT2D eigenvalue weighted by molar-refractivity contribution is 5.47. The van der Waals surface area contributed by atoms with Crippen LogP contribution in [0.5, 0.6) is 0 Å². The van der Waals surface area contributed by atoms with Gasteiger partial charge in [-0.15, -0.1) is 0 Å². The molecule has 1 aromatic carbocycles. The predicted octanol–water partition coefficient (Wildman–Crippen LogP) is 2.78. The number of nitrogens with one attached hydrogen (secondary N) is 1. The summed E-state index contributed by atoms with van der Waals surface area (Å²) in [7, 11) is 1.68. The molecule has 0 radical (unpaired) electrons. The molecular weight excluding hydrogens is 270 g/mol. The van der Waals surface area contributed by atoms with Gasteiger partial charge in [-0.05, 0) is 25.5 Å². The van der Waals surface area contributed by atoms with Gasteiger partial charge in [0.15, 0.2) is 0 Å². The van der Waals surface area contributed by atoms with Crippen molar-refractivity contribution >= 4 is 11.4 Å². The third kappa shape index (κ3) is 3.28. The van der Waals surface area contributed by atoms with Gasteiger partial charge < -0.3 is 9.88 Å². The third-order valence-corrected chi connectivity index (χ3v) is 3.40. The molecule has 2 aromatic rings. The van der Waals surface area contributed by atoms with Gasteiger partial charge in [-0.3, -0.25) is 14.9 Å². The van der Waals surface area contributed by atoms with E-state index in [0.29, 0.717) is 5.56 Å². The van der Waals surface area contributed by atoms with Crippen molar-refractivity contribution < 1.29 is 4.92 Å². The second-order valence-electron chi connectivity index (χ2n) is 5.04. The maximum atomic E-state index is 11.3. The van der Waals surface area contributed by atoms with Gasteiger partial charge >= 0.3 is 0 Å². The Labute approximate surface area is 122 Å². The summed E-state index contributed by atoms with van der Waals surface area (Å²) in [5, 5.41) is 14.2. The highest BCUT2D eigenvalue weighted by Crippen LogP contribution is 2.25. The SMILES string of the molecule is Cc1ccc(C(C)Nc2ccc(=O)n(C)c2)cc1[N+](=O)[O-]. The summed E-state index contributed by atoms with van der Waals surface area (Å²) in [4.78, 5) is 22.0. The Bertz CT molecular complexity index is 737. The molecule has 0 spiro atoms. The monoisotopic (exact) mass is 287 g/mol.